The summed E-state index contributed by atoms with van der Waals surface area (Å²) in [7, 11) is -1.72. The Morgan fingerprint density at radius 3 is 2.86 bits per heavy atom. The summed E-state index contributed by atoms with van der Waals surface area (Å²) in [6, 6.07) is 4.03. The fourth-order valence-electron chi connectivity index (χ4n) is 2.65. The molecule has 1 aliphatic rings. The SMILES string of the molecule is CNCC1CCCN(S(=O)(=O)Nc2ccc(F)cc2C)C1. The number of anilines is 1. The fourth-order valence-corrected chi connectivity index (χ4v) is 4.06. The van der Waals surface area contributed by atoms with Crippen molar-refractivity contribution in [2.45, 2.75) is 19.8 Å². The quantitative estimate of drug-likeness (QED) is 0.870. The van der Waals surface area contributed by atoms with Crippen LogP contribution in [0.3, 0.4) is 0 Å². The van der Waals surface area contributed by atoms with Crippen molar-refractivity contribution in [1.82, 2.24) is 9.62 Å². The van der Waals surface area contributed by atoms with E-state index in [1.807, 2.05) is 7.05 Å². The highest BCUT2D eigenvalue weighted by Crippen LogP contribution is 2.22. The van der Waals surface area contributed by atoms with Gasteiger partial charge in [-0.05, 0) is 63.0 Å². The molecule has 2 rings (SSSR count). The molecule has 0 bridgehead atoms. The molecule has 0 aliphatic carbocycles. The van der Waals surface area contributed by atoms with Crippen molar-refractivity contribution >= 4 is 15.9 Å². The van der Waals surface area contributed by atoms with Crippen LogP contribution < -0.4 is 10.0 Å². The lowest BCUT2D eigenvalue weighted by atomic mass is 10.00. The van der Waals surface area contributed by atoms with E-state index in [-0.39, 0.29) is 5.82 Å². The van der Waals surface area contributed by atoms with E-state index in [2.05, 4.69) is 10.0 Å². The molecule has 1 saturated heterocycles. The molecule has 1 aliphatic heterocycles. The second-order valence-electron chi connectivity index (χ2n) is 5.49. The number of nitrogens with zero attached hydrogens (tertiary/aromatic N) is 1. The zero-order chi connectivity index (χ0) is 15.5. The Morgan fingerprint density at radius 2 is 2.19 bits per heavy atom. The molecule has 1 aromatic rings. The first-order chi connectivity index (χ1) is 9.92. The first kappa shape index (κ1) is 16.2. The molecule has 1 atom stereocenters. The van der Waals surface area contributed by atoms with Gasteiger partial charge in [0.1, 0.15) is 5.82 Å². The van der Waals surface area contributed by atoms with Crippen LogP contribution in [0.2, 0.25) is 0 Å². The molecular formula is C14H22FN3O2S. The number of hydrogen-bond donors (Lipinski definition) is 2. The van der Waals surface area contributed by atoms with E-state index in [1.165, 1.54) is 22.5 Å². The van der Waals surface area contributed by atoms with Gasteiger partial charge < -0.3 is 5.32 Å². The molecule has 0 amide bonds. The third kappa shape index (κ3) is 4.15. The highest BCUT2D eigenvalue weighted by molar-refractivity contribution is 7.90. The van der Waals surface area contributed by atoms with Crippen LogP contribution in [0.1, 0.15) is 18.4 Å². The van der Waals surface area contributed by atoms with Gasteiger partial charge >= 0.3 is 10.2 Å². The van der Waals surface area contributed by atoms with Crippen LogP contribution in [0.4, 0.5) is 10.1 Å². The van der Waals surface area contributed by atoms with Crippen molar-refractivity contribution in [3.63, 3.8) is 0 Å². The molecule has 1 unspecified atom stereocenters. The summed E-state index contributed by atoms with van der Waals surface area (Å²) < 4.78 is 42.0. The highest BCUT2D eigenvalue weighted by atomic mass is 32.2. The van der Waals surface area contributed by atoms with Crippen molar-refractivity contribution < 1.29 is 12.8 Å². The van der Waals surface area contributed by atoms with Gasteiger partial charge in [-0.15, -0.1) is 0 Å². The number of rotatable bonds is 5. The van der Waals surface area contributed by atoms with Crippen LogP contribution in [-0.2, 0) is 10.2 Å². The fraction of sp³-hybridized carbons (Fsp3) is 0.571. The second-order valence-corrected chi connectivity index (χ2v) is 7.16. The summed E-state index contributed by atoms with van der Waals surface area (Å²) in [6.07, 6.45) is 1.89. The largest absolute Gasteiger partial charge is 0.319 e. The van der Waals surface area contributed by atoms with E-state index in [9.17, 15) is 12.8 Å². The predicted molar refractivity (Wildman–Crippen MR) is 81.9 cm³/mol. The molecule has 0 spiro atoms. The maximum absolute atomic E-state index is 13.1. The minimum atomic E-state index is -3.59. The molecule has 0 radical (unpaired) electrons. The van der Waals surface area contributed by atoms with Gasteiger partial charge in [-0.1, -0.05) is 0 Å². The summed E-state index contributed by atoms with van der Waals surface area (Å²) in [6.45, 7) is 3.52. The summed E-state index contributed by atoms with van der Waals surface area (Å²) >= 11 is 0. The maximum atomic E-state index is 13.1. The van der Waals surface area contributed by atoms with Gasteiger partial charge in [0.2, 0.25) is 0 Å². The normalized spacial score (nSPS) is 20.4. The molecular weight excluding hydrogens is 293 g/mol. The molecule has 5 nitrogen and oxygen atoms in total. The predicted octanol–water partition coefficient (Wildman–Crippen LogP) is 1.72. The Hall–Kier alpha value is -1.18. The number of piperidine rings is 1. The van der Waals surface area contributed by atoms with Gasteiger partial charge in [0.25, 0.3) is 0 Å². The Balaban J connectivity index is 2.10. The van der Waals surface area contributed by atoms with E-state index < -0.39 is 10.2 Å². The summed E-state index contributed by atoms with van der Waals surface area (Å²) in [5.41, 5.74) is 0.995. The maximum Gasteiger partial charge on any atom is 0.301 e. The average molecular weight is 315 g/mol. The minimum absolute atomic E-state index is 0.328. The zero-order valence-corrected chi connectivity index (χ0v) is 13.2. The van der Waals surface area contributed by atoms with E-state index in [4.69, 9.17) is 0 Å². The van der Waals surface area contributed by atoms with Gasteiger partial charge in [0, 0.05) is 13.1 Å². The van der Waals surface area contributed by atoms with Gasteiger partial charge in [-0.2, -0.15) is 12.7 Å². The number of benzene rings is 1. The molecule has 118 valence electrons. The topological polar surface area (TPSA) is 61.4 Å². The third-order valence-electron chi connectivity index (χ3n) is 3.74. The Labute approximate surface area is 125 Å². The van der Waals surface area contributed by atoms with Crippen molar-refractivity contribution in [1.29, 1.82) is 0 Å². The lowest BCUT2D eigenvalue weighted by molar-refractivity contribution is 0.264. The van der Waals surface area contributed by atoms with E-state index in [0.717, 1.165) is 19.4 Å². The molecule has 21 heavy (non-hydrogen) atoms. The second kappa shape index (κ2) is 6.72. The van der Waals surface area contributed by atoms with Crippen LogP contribution in [0.25, 0.3) is 0 Å². The van der Waals surface area contributed by atoms with E-state index in [1.54, 1.807) is 6.92 Å². The van der Waals surface area contributed by atoms with Gasteiger partial charge in [0.15, 0.2) is 0 Å². The van der Waals surface area contributed by atoms with Crippen LogP contribution in [-0.4, -0.2) is 39.4 Å². The van der Waals surface area contributed by atoms with Crippen molar-refractivity contribution in [3.05, 3.63) is 29.6 Å². The summed E-state index contributed by atoms with van der Waals surface area (Å²) in [4.78, 5) is 0. The van der Waals surface area contributed by atoms with Crippen molar-refractivity contribution in [3.8, 4) is 0 Å². The molecule has 0 saturated carbocycles. The Bertz CT molecular complexity index is 590. The van der Waals surface area contributed by atoms with Gasteiger partial charge in [-0.25, -0.2) is 4.39 Å². The van der Waals surface area contributed by atoms with Crippen molar-refractivity contribution in [2.24, 2.45) is 5.92 Å². The number of nitrogens with one attached hydrogen (secondary N) is 2. The highest BCUT2D eigenvalue weighted by Gasteiger charge is 2.28. The van der Waals surface area contributed by atoms with Crippen LogP contribution in [0.5, 0.6) is 0 Å². The summed E-state index contributed by atoms with van der Waals surface area (Å²) in [5, 5.41) is 3.09. The van der Waals surface area contributed by atoms with Crippen molar-refractivity contribution in [2.75, 3.05) is 31.4 Å². The lowest BCUT2D eigenvalue weighted by Crippen LogP contribution is -2.44. The third-order valence-corrected chi connectivity index (χ3v) is 5.23. The molecule has 1 aromatic carbocycles. The first-order valence-electron chi connectivity index (χ1n) is 7.11. The average Bonchev–Trinajstić information content (AvgIpc) is 2.43. The number of hydrogen-bond acceptors (Lipinski definition) is 3. The number of halogens is 1. The zero-order valence-electron chi connectivity index (χ0n) is 12.4. The van der Waals surface area contributed by atoms with Crippen LogP contribution in [0.15, 0.2) is 18.2 Å². The number of aryl methyl sites for hydroxylation is 1. The molecule has 7 heteroatoms. The first-order valence-corrected chi connectivity index (χ1v) is 8.55. The van der Waals surface area contributed by atoms with Crippen LogP contribution >= 0.6 is 0 Å². The van der Waals surface area contributed by atoms with E-state index in [0.29, 0.717) is 30.3 Å². The van der Waals surface area contributed by atoms with Crippen LogP contribution in [0, 0.1) is 18.7 Å². The van der Waals surface area contributed by atoms with E-state index >= 15 is 0 Å². The lowest BCUT2D eigenvalue weighted by Gasteiger charge is -2.32. The van der Waals surface area contributed by atoms with Gasteiger partial charge in [0.05, 0.1) is 5.69 Å². The summed E-state index contributed by atoms with van der Waals surface area (Å²) in [5.74, 6) is -0.0443. The molecule has 0 aromatic heterocycles. The molecule has 2 N–H and O–H groups in total. The molecule has 1 heterocycles. The standard InChI is InChI=1S/C14H22FN3O2S/c1-11-8-13(15)5-6-14(11)17-21(19,20)18-7-3-4-12(10-18)9-16-2/h5-6,8,12,16-17H,3-4,7,9-10H2,1-2H3. The minimum Gasteiger partial charge on any atom is -0.319 e. The molecule has 1 fully saturated rings. The Kier molecular flexibility index (Phi) is 5.18. The smallest absolute Gasteiger partial charge is 0.301 e. The van der Waals surface area contributed by atoms with Gasteiger partial charge in [-0.3, -0.25) is 4.72 Å². The Morgan fingerprint density at radius 1 is 1.43 bits per heavy atom. The monoisotopic (exact) mass is 315 g/mol.